The van der Waals surface area contributed by atoms with Gasteiger partial charge in [0.05, 0.1) is 10.6 Å². The lowest BCUT2D eigenvalue weighted by Crippen LogP contribution is -2.26. The molecule has 0 radical (unpaired) electrons. The minimum atomic E-state index is -0.564. The topological polar surface area (TPSA) is 103 Å². The molecular weight excluding hydrogens is 330 g/mol. The molecule has 0 bridgehead atoms. The molecule has 0 aliphatic carbocycles. The zero-order valence-electron chi connectivity index (χ0n) is 12.5. The normalized spacial score (nSPS) is 10.5. The van der Waals surface area contributed by atoms with E-state index in [1.165, 1.54) is 29.5 Å². The highest BCUT2D eigenvalue weighted by Crippen LogP contribution is 2.17. The molecule has 0 unspecified atom stereocenters. The number of hydrogen-bond donors (Lipinski definition) is 1. The van der Waals surface area contributed by atoms with Gasteiger partial charge in [-0.05, 0) is 12.1 Å². The first kappa shape index (κ1) is 15.8. The van der Waals surface area contributed by atoms with E-state index in [0.29, 0.717) is 13.0 Å². The van der Waals surface area contributed by atoms with E-state index in [1.54, 1.807) is 23.1 Å². The molecule has 0 fully saturated rings. The average Bonchev–Trinajstić information content (AvgIpc) is 3.26. The van der Waals surface area contributed by atoms with Crippen LogP contribution in [0, 0.1) is 10.1 Å². The molecule has 2 heterocycles. The number of carbonyl (C=O) groups excluding carboxylic acids is 1. The van der Waals surface area contributed by atoms with Gasteiger partial charge in [0.25, 0.3) is 11.6 Å². The summed E-state index contributed by atoms with van der Waals surface area (Å²) < 4.78 is 1.67. The molecule has 2 aromatic heterocycles. The van der Waals surface area contributed by atoms with Crippen molar-refractivity contribution in [2.24, 2.45) is 0 Å². The maximum atomic E-state index is 12.1. The highest BCUT2D eigenvalue weighted by atomic mass is 32.1. The molecule has 0 aliphatic heterocycles. The summed E-state index contributed by atoms with van der Waals surface area (Å²) in [5, 5.41) is 20.4. The third-order valence-electron chi connectivity index (χ3n) is 3.25. The Morgan fingerprint density at radius 1 is 1.33 bits per heavy atom. The number of amides is 1. The quantitative estimate of drug-likeness (QED) is 0.546. The second kappa shape index (κ2) is 7.01. The largest absolute Gasteiger partial charge is 0.351 e. The molecule has 3 aromatic rings. The molecule has 122 valence electrons. The van der Waals surface area contributed by atoms with Gasteiger partial charge in [0.1, 0.15) is 5.56 Å². The number of hydrogen-bond acceptors (Lipinski definition) is 6. The van der Waals surface area contributed by atoms with Crippen LogP contribution in [-0.4, -0.2) is 32.1 Å². The fraction of sp³-hybridized carbons (Fsp3) is 0.133. The molecule has 0 saturated carbocycles. The third kappa shape index (κ3) is 3.46. The number of nitro benzene ring substituents is 1. The number of nitrogens with zero attached hydrogens (tertiary/aromatic N) is 4. The number of carbonyl (C=O) groups is 1. The maximum Gasteiger partial charge on any atom is 0.282 e. The van der Waals surface area contributed by atoms with Crippen molar-refractivity contribution < 1.29 is 9.72 Å². The molecule has 1 N–H and O–H groups in total. The Kier molecular flexibility index (Phi) is 4.62. The summed E-state index contributed by atoms with van der Waals surface area (Å²) in [6.45, 7) is 0.340. The number of aromatic nitrogens is 3. The second-order valence-corrected chi connectivity index (χ2v) is 5.69. The molecule has 1 aromatic carbocycles. The zero-order valence-corrected chi connectivity index (χ0v) is 13.3. The molecule has 9 heteroatoms. The molecule has 0 spiro atoms. The maximum absolute atomic E-state index is 12.1. The fourth-order valence-corrected chi connectivity index (χ4v) is 2.92. The van der Waals surface area contributed by atoms with Gasteiger partial charge in [-0.25, -0.2) is 9.67 Å². The number of nitrogens with one attached hydrogen (secondary N) is 1. The van der Waals surface area contributed by atoms with E-state index in [-0.39, 0.29) is 11.3 Å². The second-order valence-electron chi connectivity index (χ2n) is 4.85. The number of rotatable bonds is 6. The van der Waals surface area contributed by atoms with Gasteiger partial charge >= 0.3 is 0 Å². The van der Waals surface area contributed by atoms with Crippen LogP contribution in [0.1, 0.15) is 16.1 Å². The van der Waals surface area contributed by atoms with Crippen LogP contribution in [0.4, 0.5) is 5.69 Å². The van der Waals surface area contributed by atoms with E-state index in [4.69, 9.17) is 0 Å². The standard InChI is InChI=1S/C15H13N5O3S/c21-14(12-4-1-2-5-13(12)20(22)23)16-8-6-11-10-24-15(18-11)19-9-3-7-17-19/h1-5,7,9-10H,6,8H2,(H,16,21). The van der Waals surface area contributed by atoms with Crippen LogP contribution in [0.2, 0.25) is 0 Å². The van der Waals surface area contributed by atoms with Crippen LogP contribution in [0.5, 0.6) is 0 Å². The highest BCUT2D eigenvalue weighted by molar-refractivity contribution is 7.12. The van der Waals surface area contributed by atoms with Crippen molar-refractivity contribution >= 4 is 22.9 Å². The minimum Gasteiger partial charge on any atom is -0.351 e. The molecule has 3 rings (SSSR count). The summed E-state index contributed by atoms with van der Waals surface area (Å²) in [6, 6.07) is 7.69. The summed E-state index contributed by atoms with van der Waals surface area (Å²) >= 11 is 1.46. The number of benzene rings is 1. The predicted molar refractivity (Wildman–Crippen MR) is 88.4 cm³/mol. The Morgan fingerprint density at radius 3 is 2.92 bits per heavy atom. The summed E-state index contributed by atoms with van der Waals surface area (Å²) in [5.74, 6) is -0.468. The van der Waals surface area contributed by atoms with Gasteiger partial charge in [0.15, 0.2) is 0 Å². The van der Waals surface area contributed by atoms with Gasteiger partial charge in [0.2, 0.25) is 5.13 Å². The summed E-state index contributed by atoms with van der Waals surface area (Å²) in [6.07, 6.45) is 4.01. The first-order valence-corrected chi connectivity index (χ1v) is 7.99. The Morgan fingerprint density at radius 2 is 2.17 bits per heavy atom. The fourth-order valence-electron chi connectivity index (χ4n) is 2.12. The lowest BCUT2D eigenvalue weighted by atomic mass is 10.1. The van der Waals surface area contributed by atoms with Gasteiger partial charge in [-0.2, -0.15) is 5.10 Å². The number of para-hydroxylation sites is 1. The van der Waals surface area contributed by atoms with Gasteiger partial charge in [0, 0.05) is 36.8 Å². The van der Waals surface area contributed by atoms with Gasteiger partial charge in [-0.3, -0.25) is 14.9 Å². The Bertz CT molecular complexity index is 860. The SMILES string of the molecule is O=C(NCCc1csc(-n2cccn2)n1)c1ccccc1[N+](=O)[O-]. The molecule has 8 nitrogen and oxygen atoms in total. The van der Waals surface area contributed by atoms with Crippen molar-refractivity contribution in [1.82, 2.24) is 20.1 Å². The molecular formula is C15H13N5O3S. The van der Waals surface area contributed by atoms with Crippen molar-refractivity contribution in [1.29, 1.82) is 0 Å². The van der Waals surface area contributed by atoms with Crippen LogP contribution < -0.4 is 5.32 Å². The first-order chi connectivity index (χ1) is 11.6. The van der Waals surface area contributed by atoms with Crippen LogP contribution in [0.3, 0.4) is 0 Å². The first-order valence-electron chi connectivity index (χ1n) is 7.11. The van der Waals surface area contributed by atoms with E-state index >= 15 is 0 Å². The van der Waals surface area contributed by atoms with Crippen LogP contribution >= 0.6 is 11.3 Å². The van der Waals surface area contributed by atoms with Crippen LogP contribution in [-0.2, 0) is 6.42 Å². The van der Waals surface area contributed by atoms with Crippen molar-refractivity contribution in [3.63, 3.8) is 0 Å². The number of nitro groups is 1. The Labute approximate surface area is 140 Å². The predicted octanol–water partition coefficient (Wildman–Crippen LogP) is 2.21. The lowest BCUT2D eigenvalue weighted by Gasteiger charge is -2.04. The van der Waals surface area contributed by atoms with Crippen molar-refractivity contribution in [2.75, 3.05) is 6.54 Å². The van der Waals surface area contributed by atoms with Crippen molar-refractivity contribution in [3.05, 3.63) is 69.5 Å². The third-order valence-corrected chi connectivity index (χ3v) is 4.13. The molecule has 1 amide bonds. The van der Waals surface area contributed by atoms with Crippen molar-refractivity contribution in [2.45, 2.75) is 6.42 Å². The molecule has 0 saturated heterocycles. The van der Waals surface area contributed by atoms with E-state index in [0.717, 1.165) is 10.8 Å². The van der Waals surface area contributed by atoms with Gasteiger partial charge < -0.3 is 5.32 Å². The minimum absolute atomic E-state index is 0.0537. The van der Waals surface area contributed by atoms with E-state index in [1.807, 2.05) is 11.4 Å². The smallest absolute Gasteiger partial charge is 0.282 e. The zero-order chi connectivity index (χ0) is 16.9. The van der Waals surface area contributed by atoms with Crippen LogP contribution in [0.25, 0.3) is 5.13 Å². The summed E-state index contributed by atoms with van der Waals surface area (Å²) in [7, 11) is 0. The highest BCUT2D eigenvalue weighted by Gasteiger charge is 2.18. The molecule has 24 heavy (non-hydrogen) atoms. The summed E-state index contributed by atoms with van der Waals surface area (Å²) in [4.78, 5) is 26.9. The van der Waals surface area contributed by atoms with E-state index in [9.17, 15) is 14.9 Å². The summed E-state index contributed by atoms with van der Waals surface area (Å²) in [5.41, 5.74) is 0.677. The van der Waals surface area contributed by atoms with E-state index in [2.05, 4.69) is 15.4 Å². The monoisotopic (exact) mass is 343 g/mol. The van der Waals surface area contributed by atoms with Gasteiger partial charge in [-0.15, -0.1) is 11.3 Å². The van der Waals surface area contributed by atoms with Crippen LogP contribution in [0.15, 0.2) is 48.1 Å². The Hall–Kier alpha value is -3.07. The van der Waals surface area contributed by atoms with Gasteiger partial charge in [-0.1, -0.05) is 12.1 Å². The number of thiazole rings is 1. The van der Waals surface area contributed by atoms with E-state index < -0.39 is 10.8 Å². The average molecular weight is 343 g/mol. The van der Waals surface area contributed by atoms with Crippen molar-refractivity contribution in [3.8, 4) is 5.13 Å². The molecule has 0 atom stereocenters. The lowest BCUT2D eigenvalue weighted by molar-refractivity contribution is -0.385. The molecule has 0 aliphatic rings. The Balaban J connectivity index is 1.59.